The molecule has 0 amide bonds. The molecule has 0 aromatic carbocycles. The van der Waals surface area contributed by atoms with E-state index in [0.717, 1.165) is 18.9 Å². The molecule has 13 heavy (non-hydrogen) atoms. The maximum absolute atomic E-state index is 5.09. The lowest BCUT2D eigenvalue weighted by molar-refractivity contribution is -0.00943. The Morgan fingerprint density at radius 1 is 1.54 bits per heavy atom. The van der Waals surface area contributed by atoms with Crippen molar-refractivity contribution in [1.29, 1.82) is 0 Å². The SMILES string of the molecule is C[C@H](NC1COC1)c1ccccn1. The first-order chi connectivity index (χ1) is 6.36. The minimum atomic E-state index is 0.315. The third kappa shape index (κ3) is 2.05. The largest absolute Gasteiger partial charge is 0.378 e. The van der Waals surface area contributed by atoms with Gasteiger partial charge in [0.1, 0.15) is 0 Å². The van der Waals surface area contributed by atoms with Crippen LogP contribution in [0.3, 0.4) is 0 Å². The van der Waals surface area contributed by atoms with Crippen molar-refractivity contribution in [3.63, 3.8) is 0 Å². The zero-order valence-corrected chi connectivity index (χ0v) is 7.73. The predicted molar refractivity (Wildman–Crippen MR) is 50.4 cm³/mol. The first kappa shape index (κ1) is 8.66. The lowest BCUT2D eigenvalue weighted by Crippen LogP contribution is -2.46. The van der Waals surface area contributed by atoms with E-state index >= 15 is 0 Å². The highest BCUT2D eigenvalue weighted by Gasteiger charge is 2.20. The predicted octanol–water partition coefficient (Wildman–Crippen LogP) is 1.13. The third-order valence-electron chi connectivity index (χ3n) is 2.26. The van der Waals surface area contributed by atoms with E-state index in [1.54, 1.807) is 0 Å². The van der Waals surface area contributed by atoms with Gasteiger partial charge in [-0.15, -0.1) is 0 Å². The first-order valence-corrected chi connectivity index (χ1v) is 4.61. The summed E-state index contributed by atoms with van der Waals surface area (Å²) in [5.41, 5.74) is 1.09. The summed E-state index contributed by atoms with van der Waals surface area (Å²) >= 11 is 0. The van der Waals surface area contributed by atoms with Gasteiger partial charge in [-0.25, -0.2) is 0 Å². The summed E-state index contributed by atoms with van der Waals surface area (Å²) in [4.78, 5) is 4.29. The topological polar surface area (TPSA) is 34.1 Å². The number of hydrogen-bond donors (Lipinski definition) is 1. The van der Waals surface area contributed by atoms with Crippen molar-refractivity contribution >= 4 is 0 Å². The van der Waals surface area contributed by atoms with Gasteiger partial charge in [-0.3, -0.25) is 4.98 Å². The average molecular weight is 178 g/mol. The molecule has 0 spiro atoms. The van der Waals surface area contributed by atoms with Crippen molar-refractivity contribution in [2.45, 2.75) is 19.0 Å². The maximum Gasteiger partial charge on any atom is 0.0643 e. The summed E-state index contributed by atoms with van der Waals surface area (Å²) < 4.78 is 5.09. The Kier molecular flexibility index (Phi) is 2.57. The third-order valence-corrected chi connectivity index (χ3v) is 2.26. The molecule has 1 saturated heterocycles. The Morgan fingerprint density at radius 2 is 2.38 bits per heavy atom. The fraction of sp³-hybridized carbons (Fsp3) is 0.500. The molecular weight excluding hydrogens is 164 g/mol. The number of pyridine rings is 1. The minimum absolute atomic E-state index is 0.315. The summed E-state index contributed by atoms with van der Waals surface area (Å²) in [6, 6.07) is 6.81. The van der Waals surface area contributed by atoms with Gasteiger partial charge >= 0.3 is 0 Å². The van der Waals surface area contributed by atoms with Crippen LogP contribution >= 0.6 is 0 Å². The maximum atomic E-state index is 5.09. The van der Waals surface area contributed by atoms with Gasteiger partial charge in [0.25, 0.3) is 0 Å². The summed E-state index contributed by atoms with van der Waals surface area (Å²) in [7, 11) is 0. The van der Waals surface area contributed by atoms with Gasteiger partial charge in [-0.2, -0.15) is 0 Å². The van der Waals surface area contributed by atoms with Gasteiger partial charge in [0, 0.05) is 12.2 Å². The summed E-state index contributed by atoms with van der Waals surface area (Å²) in [5, 5.41) is 3.45. The van der Waals surface area contributed by atoms with E-state index in [-0.39, 0.29) is 0 Å². The molecule has 2 rings (SSSR count). The van der Waals surface area contributed by atoms with E-state index < -0.39 is 0 Å². The molecule has 1 aliphatic rings. The van der Waals surface area contributed by atoms with Crippen LogP contribution in [-0.2, 0) is 4.74 Å². The number of nitrogens with one attached hydrogen (secondary N) is 1. The molecule has 3 heteroatoms. The van der Waals surface area contributed by atoms with Crippen molar-refractivity contribution in [2.24, 2.45) is 0 Å². The van der Waals surface area contributed by atoms with E-state index in [2.05, 4.69) is 17.2 Å². The van der Waals surface area contributed by atoms with Crippen LogP contribution in [0.25, 0.3) is 0 Å². The van der Waals surface area contributed by atoms with E-state index in [1.807, 2.05) is 24.4 Å². The number of rotatable bonds is 3. The average Bonchev–Trinajstić information content (AvgIpc) is 2.12. The van der Waals surface area contributed by atoms with Crippen LogP contribution in [0.15, 0.2) is 24.4 Å². The molecule has 70 valence electrons. The van der Waals surface area contributed by atoms with Gasteiger partial charge in [0.2, 0.25) is 0 Å². The monoisotopic (exact) mass is 178 g/mol. The molecule has 0 aliphatic carbocycles. The zero-order valence-electron chi connectivity index (χ0n) is 7.73. The molecule has 0 unspecified atom stereocenters. The van der Waals surface area contributed by atoms with E-state index in [4.69, 9.17) is 4.74 Å². The summed E-state index contributed by atoms with van der Waals surface area (Å²) in [5.74, 6) is 0. The molecule has 1 atom stereocenters. The van der Waals surface area contributed by atoms with E-state index in [0.29, 0.717) is 12.1 Å². The van der Waals surface area contributed by atoms with E-state index in [9.17, 15) is 0 Å². The van der Waals surface area contributed by atoms with Gasteiger partial charge in [0.15, 0.2) is 0 Å². The van der Waals surface area contributed by atoms with Gasteiger partial charge in [-0.1, -0.05) is 6.07 Å². The summed E-state index contributed by atoms with van der Waals surface area (Å²) in [6.07, 6.45) is 1.82. The Labute approximate surface area is 78.1 Å². The number of aromatic nitrogens is 1. The highest BCUT2D eigenvalue weighted by atomic mass is 16.5. The molecule has 1 fully saturated rings. The minimum Gasteiger partial charge on any atom is -0.378 e. The molecule has 0 bridgehead atoms. The van der Waals surface area contributed by atoms with Gasteiger partial charge in [-0.05, 0) is 19.1 Å². The van der Waals surface area contributed by atoms with Crippen LogP contribution in [-0.4, -0.2) is 24.2 Å². The van der Waals surface area contributed by atoms with Gasteiger partial charge in [0.05, 0.1) is 24.9 Å². The fourth-order valence-electron chi connectivity index (χ4n) is 1.40. The normalized spacial score (nSPS) is 19.5. The molecule has 0 saturated carbocycles. The second-order valence-corrected chi connectivity index (χ2v) is 3.38. The number of hydrogen-bond acceptors (Lipinski definition) is 3. The number of ether oxygens (including phenoxy) is 1. The summed E-state index contributed by atoms with van der Waals surface area (Å²) in [6.45, 7) is 3.79. The zero-order chi connectivity index (χ0) is 9.10. The van der Waals surface area contributed by atoms with Crippen molar-refractivity contribution in [1.82, 2.24) is 10.3 Å². The molecule has 2 heterocycles. The van der Waals surface area contributed by atoms with Crippen LogP contribution in [0.4, 0.5) is 0 Å². The van der Waals surface area contributed by atoms with Crippen molar-refractivity contribution in [3.8, 4) is 0 Å². The van der Waals surface area contributed by atoms with Crippen molar-refractivity contribution in [2.75, 3.05) is 13.2 Å². The smallest absolute Gasteiger partial charge is 0.0643 e. The Morgan fingerprint density at radius 3 is 2.92 bits per heavy atom. The van der Waals surface area contributed by atoms with Crippen molar-refractivity contribution < 1.29 is 4.74 Å². The van der Waals surface area contributed by atoms with Crippen LogP contribution < -0.4 is 5.32 Å². The van der Waals surface area contributed by atoms with Crippen molar-refractivity contribution in [3.05, 3.63) is 30.1 Å². The molecule has 1 N–H and O–H groups in total. The quantitative estimate of drug-likeness (QED) is 0.753. The highest BCUT2D eigenvalue weighted by molar-refractivity contribution is 5.08. The Hall–Kier alpha value is -0.930. The van der Waals surface area contributed by atoms with Crippen LogP contribution in [0.1, 0.15) is 18.7 Å². The molecule has 1 aromatic heterocycles. The Balaban J connectivity index is 1.92. The molecule has 1 aliphatic heterocycles. The molecular formula is C10H14N2O. The highest BCUT2D eigenvalue weighted by Crippen LogP contribution is 2.11. The molecule has 1 aromatic rings. The fourth-order valence-corrected chi connectivity index (χ4v) is 1.40. The van der Waals surface area contributed by atoms with Gasteiger partial charge < -0.3 is 10.1 Å². The Bertz CT molecular complexity index is 259. The standard InChI is InChI=1S/C10H14N2O/c1-8(12-9-6-13-7-9)10-4-2-3-5-11-10/h2-5,8-9,12H,6-7H2,1H3/t8-/m0/s1. The lowest BCUT2D eigenvalue weighted by atomic mass is 10.1. The molecule has 0 radical (unpaired) electrons. The molecule has 3 nitrogen and oxygen atoms in total. The first-order valence-electron chi connectivity index (χ1n) is 4.61. The lowest BCUT2D eigenvalue weighted by Gasteiger charge is -2.29. The number of nitrogens with zero attached hydrogens (tertiary/aromatic N) is 1. The second kappa shape index (κ2) is 3.85. The van der Waals surface area contributed by atoms with Crippen LogP contribution in [0.5, 0.6) is 0 Å². The van der Waals surface area contributed by atoms with Crippen LogP contribution in [0, 0.1) is 0 Å². The van der Waals surface area contributed by atoms with E-state index in [1.165, 1.54) is 0 Å². The second-order valence-electron chi connectivity index (χ2n) is 3.38. The van der Waals surface area contributed by atoms with Crippen LogP contribution in [0.2, 0.25) is 0 Å².